The van der Waals surface area contributed by atoms with Crippen molar-refractivity contribution in [3.63, 3.8) is 0 Å². The van der Waals surface area contributed by atoms with Crippen LogP contribution in [0.25, 0.3) is 0 Å². The number of nitrogens with zero attached hydrogens (tertiary/aromatic N) is 1. The molecule has 0 radical (unpaired) electrons. The van der Waals surface area contributed by atoms with Gasteiger partial charge in [0.1, 0.15) is 12.2 Å². The van der Waals surface area contributed by atoms with E-state index >= 15 is 0 Å². The molecule has 0 aromatic heterocycles. The number of hydrogen-bond acceptors (Lipinski definition) is 4. The van der Waals surface area contributed by atoms with E-state index in [0.29, 0.717) is 19.4 Å². The smallest absolute Gasteiger partial charge is 0.256 e. The zero-order valence-electron chi connectivity index (χ0n) is 11.5. The van der Waals surface area contributed by atoms with Crippen molar-refractivity contribution in [1.82, 2.24) is 5.32 Å². The van der Waals surface area contributed by atoms with E-state index in [9.17, 15) is 14.4 Å². The van der Waals surface area contributed by atoms with Crippen LogP contribution in [0, 0.1) is 0 Å². The Morgan fingerprint density at radius 2 is 1.81 bits per heavy atom. The minimum atomic E-state index is -0.715. The summed E-state index contributed by atoms with van der Waals surface area (Å²) < 4.78 is 5.62. The number of ether oxygens (including phenoxy) is 1. The number of piperidine rings is 1. The molecule has 0 spiro atoms. The lowest BCUT2D eigenvalue weighted by Gasteiger charge is -2.24. The molecular formula is C15H16N2O4. The van der Waals surface area contributed by atoms with Crippen molar-refractivity contribution in [2.75, 3.05) is 11.4 Å². The summed E-state index contributed by atoms with van der Waals surface area (Å²) in [6.45, 7) is 0.570. The molecule has 0 bridgehead atoms. The molecule has 2 aliphatic rings. The van der Waals surface area contributed by atoms with Crippen LogP contribution in [0.2, 0.25) is 0 Å². The molecule has 1 N–H and O–H groups in total. The van der Waals surface area contributed by atoms with Crippen LogP contribution < -0.4 is 10.2 Å². The summed E-state index contributed by atoms with van der Waals surface area (Å²) in [5, 5.41) is 2.23. The van der Waals surface area contributed by atoms with Crippen LogP contribution >= 0.6 is 0 Å². The Bertz CT molecular complexity index is 572. The highest BCUT2D eigenvalue weighted by Gasteiger charge is 2.38. The molecule has 2 saturated heterocycles. The number of nitrogens with one attached hydrogen (secondary N) is 1. The summed E-state index contributed by atoms with van der Waals surface area (Å²) in [6, 6.07) is 9.37. The van der Waals surface area contributed by atoms with Gasteiger partial charge in [-0.05, 0) is 18.6 Å². The van der Waals surface area contributed by atoms with Crippen LogP contribution in [0.1, 0.15) is 19.3 Å². The summed E-state index contributed by atoms with van der Waals surface area (Å²) in [4.78, 5) is 36.8. The van der Waals surface area contributed by atoms with Gasteiger partial charge >= 0.3 is 0 Å². The van der Waals surface area contributed by atoms with Crippen LogP contribution in [-0.4, -0.2) is 36.5 Å². The maximum atomic E-state index is 12.4. The fourth-order valence-electron chi connectivity index (χ4n) is 2.65. The molecule has 1 aromatic rings. The second kappa shape index (κ2) is 5.65. The first kappa shape index (κ1) is 13.8. The van der Waals surface area contributed by atoms with Gasteiger partial charge in [-0.25, -0.2) is 0 Å². The first-order valence-corrected chi connectivity index (χ1v) is 7.01. The second-order valence-corrected chi connectivity index (χ2v) is 5.18. The van der Waals surface area contributed by atoms with E-state index in [4.69, 9.17) is 4.74 Å². The minimum Gasteiger partial charge on any atom is -0.355 e. The van der Waals surface area contributed by atoms with Crippen LogP contribution in [0.15, 0.2) is 30.3 Å². The van der Waals surface area contributed by atoms with Gasteiger partial charge in [-0.1, -0.05) is 18.2 Å². The number of amides is 3. The van der Waals surface area contributed by atoms with Gasteiger partial charge in [-0.3, -0.25) is 19.7 Å². The van der Waals surface area contributed by atoms with E-state index in [1.165, 1.54) is 0 Å². The highest BCUT2D eigenvalue weighted by atomic mass is 16.5. The molecule has 3 amide bonds. The third-order valence-corrected chi connectivity index (χ3v) is 3.74. The lowest BCUT2D eigenvalue weighted by atomic mass is 10.1. The Kier molecular flexibility index (Phi) is 3.70. The number of imide groups is 1. The first-order valence-electron chi connectivity index (χ1n) is 7.01. The standard InChI is InChI=1S/C15H16N2O4/c18-13-7-6-11(14(19)16-13)21-12-8-9-17(15(12)20)10-4-2-1-3-5-10/h1-5,11-12H,6-9H2,(H,16,18,19). The van der Waals surface area contributed by atoms with Crippen LogP contribution in [0.3, 0.4) is 0 Å². The van der Waals surface area contributed by atoms with Gasteiger partial charge < -0.3 is 9.64 Å². The number of carbonyl (C=O) groups is 3. The van der Waals surface area contributed by atoms with E-state index in [-0.39, 0.29) is 18.2 Å². The first-order chi connectivity index (χ1) is 10.1. The predicted octanol–water partition coefficient (Wildman–Crippen LogP) is 0.614. The van der Waals surface area contributed by atoms with Crippen molar-refractivity contribution >= 4 is 23.4 Å². The molecule has 3 rings (SSSR count). The number of rotatable bonds is 3. The zero-order valence-corrected chi connectivity index (χ0v) is 11.5. The summed E-state index contributed by atoms with van der Waals surface area (Å²) >= 11 is 0. The van der Waals surface area contributed by atoms with Crippen molar-refractivity contribution in [3.05, 3.63) is 30.3 Å². The van der Waals surface area contributed by atoms with Crippen molar-refractivity contribution in [2.45, 2.75) is 31.5 Å². The van der Waals surface area contributed by atoms with Gasteiger partial charge in [0.15, 0.2) is 0 Å². The Labute approximate surface area is 122 Å². The molecular weight excluding hydrogens is 272 g/mol. The van der Waals surface area contributed by atoms with Crippen LogP contribution in [-0.2, 0) is 19.1 Å². The molecule has 0 saturated carbocycles. The Hall–Kier alpha value is -2.21. The molecule has 6 nitrogen and oxygen atoms in total. The zero-order chi connectivity index (χ0) is 14.8. The summed E-state index contributed by atoms with van der Waals surface area (Å²) in [7, 11) is 0. The monoisotopic (exact) mass is 288 g/mol. The Balaban J connectivity index is 1.65. The third kappa shape index (κ3) is 2.80. The van der Waals surface area contributed by atoms with Gasteiger partial charge in [-0.15, -0.1) is 0 Å². The van der Waals surface area contributed by atoms with Crippen molar-refractivity contribution in [1.29, 1.82) is 0 Å². The maximum Gasteiger partial charge on any atom is 0.256 e. The fourth-order valence-corrected chi connectivity index (χ4v) is 2.65. The van der Waals surface area contributed by atoms with E-state index in [1.807, 2.05) is 30.3 Å². The quantitative estimate of drug-likeness (QED) is 0.827. The van der Waals surface area contributed by atoms with E-state index in [1.54, 1.807) is 4.90 Å². The van der Waals surface area contributed by atoms with Gasteiger partial charge in [0.2, 0.25) is 5.91 Å². The van der Waals surface area contributed by atoms with E-state index < -0.39 is 18.1 Å². The normalized spacial score (nSPS) is 26.1. The van der Waals surface area contributed by atoms with E-state index in [0.717, 1.165) is 5.69 Å². The highest BCUT2D eigenvalue weighted by molar-refractivity contribution is 6.01. The molecule has 2 heterocycles. The molecule has 2 unspecified atom stereocenters. The largest absolute Gasteiger partial charge is 0.355 e. The molecule has 2 fully saturated rings. The SMILES string of the molecule is O=C1CCC(OC2CCN(c3ccccc3)C2=O)C(=O)N1. The maximum absolute atomic E-state index is 12.4. The van der Waals surface area contributed by atoms with Gasteiger partial charge in [0, 0.05) is 25.1 Å². The Morgan fingerprint density at radius 1 is 1.05 bits per heavy atom. The molecule has 21 heavy (non-hydrogen) atoms. The number of anilines is 1. The molecule has 1 aromatic carbocycles. The summed E-state index contributed by atoms with van der Waals surface area (Å²) in [5.74, 6) is -0.869. The van der Waals surface area contributed by atoms with Crippen LogP contribution in [0.4, 0.5) is 5.69 Å². The van der Waals surface area contributed by atoms with Gasteiger partial charge in [0.25, 0.3) is 11.8 Å². The number of benzene rings is 1. The molecule has 2 atom stereocenters. The van der Waals surface area contributed by atoms with Gasteiger partial charge in [-0.2, -0.15) is 0 Å². The predicted molar refractivity (Wildman–Crippen MR) is 74.5 cm³/mol. The van der Waals surface area contributed by atoms with E-state index in [2.05, 4.69) is 5.32 Å². The topological polar surface area (TPSA) is 75.7 Å². The minimum absolute atomic E-state index is 0.133. The average Bonchev–Trinajstić information content (AvgIpc) is 2.84. The molecule has 0 aliphatic carbocycles. The number of hydrogen-bond donors (Lipinski definition) is 1. The van der Waals surface area contributed by atoms with Crippen LogP contribution in [0.5, 0.6) is 0 Å². The molecule has 6 heteroatoms. The average molecular weight is 288 g/mol. The number of carbonyl (C=O) groups excluding carboxylic acids is 3. The Morgan fingerprint density at radius 3 is 2.52 bits per heavy atom. The lowest BCUT2D eigenvalue weighted by Crippen LogP contribution is -2.47. The number of para-hydroxylation sites is 1. The molecule has 2 aliphatic heterocycles. The summed E-state index contributed by atoms with van der Waals surface area (Å²) in [6.07, 6.45) is -0.202. The summed E-state index contributed by atoms with van der Waals surface area (Å²) in [5.41, 5.74) is 0.830. The third-order valence-electron chi connectivity index (χ3n) is 3.74. The molecule has 110 valence electrons. The van der Waals surface area contributed by atoms with Gasteiger partial charge in [0.05, 0.1) is 0 Å². The van der Waals surface area contributed by atoms with Crippen molar-refractivity contribution in [2.24, 2.45) is 0 Å². The fraction of sp³-hybridized carbons (Fsp3) is 0.400. The highest BCUT2D eigenvalue weighted by Crippen LogP contribution is 2.24. The van der Waals surface area contributed by atoms with Crippen molar-refractivity contribution in [3.8, 4) is 0 Å². The lowest BCUT2D eigenvalue weighted by molar-refractivity contribution is -0.149. The van der Waals surface area contributed by atoms with Crippen molar-refractivity contribution < 1.29 is 19.1 Å². The second-order valence-electron chi connectivity index (χ2n) is 5.18.